The first-order valence-corrected chi connectivity index (χ1v) is 7.40. The summed E-state index contributed by atoms with van der Waals surface area (Å²) in [6.07, 6.45) is 3.89. The smallest absolute Gasteiger partial charge is 0.354 e. The van der Waals surface area contributed by atoms with Crippen molar-refractivity contribution < 1.29 is 9.53 Å². The standard InChI is InChI=1S/C15H23N3O2.ClH/c1-20-14(19)13-3-2-12(17-13)10-18-9-6-15(11-18)4-7-16-8-5-15;/h2-3,16-17H,4-11H2,1H3;1H. The summed E-state index contributed by atoms with van der Waals surface area (Å²) in [5.74, 6) is -0.299. The Morgan fingerprint density at radius 2 is 2.10 bits per heavy atom. The summed E-state index contributed by atoms with van der Waals surface area (Å²) >= 11 is 0. The van der Waals surface area contributed by atoms with Crippen molar-refractivity contribution in [2.45, 2.75) is 25.8 Å². The molecule has 0 saturated carbocycles. The first-order valence-electron chi connectivity index (χ1n) is 7.40. The average Bonchev–Trinajstić information content (AvgIpc) is 3.07. The molecule has 2 aliphatic heterocycles. The molecule has 2 saturated heterocycles. The number of halogens is 1. The van der Waals surface area contributed by atoms with Crippen LogP contribution in [0.4, 0.5) is 0 Å². The number of hydrogen-bond acceptors (Lipinski definition) is 4. The molecule has 0 bridgehead atoms. The maximum Gasteiger partial charge on any atom is 0.354 e. The minimum Gasteiger partial charge on any atom is -0.464 e. The van der Waals surface area contributed by atoms with E-state index in [2.05, 4.69) is 15.2 Å². The fraction of sp³-hybridized carbons (Fsp3) is 0.667. The van der Waals surface area contributed by atoms with Crippen LogP contribution < -0.4 is 5.32 Å². The number of carbonyl (C=O) groups excluding carboxylic acids is 1. The van der Waals surface area contributed by atoms with Gasteiger partial charge in [-0.2, -0.15) is 0 Å². The van der Waals surface area contributed by atoms with Gasteiger partial charge >= 0.3 is 5.97 Å². The summed E-state index contributed by atoms with van der Waals surface area (Å²) in [5.41, 5.74) is 2.16. The highest BCUT2D eigenvalue weighted by molar-refractivity contribution is 5.87. The van der Waals surface area contributed by atoms with Crippen molar-refractivity contribution in [1.82, 2.24) is 15.2 Å². The molecule has 0 aromatic carbocycles. The minimum absolute atomic E-state index is 0. The lowest BCUT2D eigenvalue weighted by molar-refractivity contribution is 0.0594. The molecule has 0 unspecified atom stereocenters. The maximum absolute atomic E-state index is 11.4. The van der Waals surface area contributed by atoms with Crippen LogP contribution in [-0.2, 0) is 11.3 Å². The number of carbonyl (C=O) groups is 1. The van der Waals surface area contributed by atoms with E-state index >= 15 is 0 Å². The van der Waals surface area contributed by atoms with Gasteiger partial charge in [-0.1, -0.05) is 0 Å². The van der Waals surface area contributed by atoms with E-state index in [4.69, 9.17) is 4.74 Å². The topological polar surface area (TPSA) is 57.4 Å². The molecular formula is C15H24ClN3O2. The average molecular weight is 314 g/mol. The number of rotatable bonds is 3. The fourth-order valence-corrected chi connectivity index (χ4v) is 3.53. The third-order valence-corrected chi connectivity index (χ3v) is 4.73. The third kappa shape index (κ3) is 3.59. The van der Waals surface area contributed by atoms with Gasteiger partial charge in [0.2, 0.25) is 0 Å². The molecule has 0 aliphatic carbocycles. The number of nitrogens with zero attached hydrogens (tertiary/aromatic N) is 1. The highest BCUT2D eigenvalue weighted by Crippen LogP contribution is 2.38. The molecule has 3 rings (SSSR count). The fourth-order valence-electron chi connectivity index (χ4n) is 3.53. The van der Waals surface area contributed by atoms with Crippen molar-refractivity contribution in [3.63, 3.8) is 0 Å². The van der Waals surface area contributed by atoms with Crippen LogP contribution in [0.5, 0.6) is 0 Å². The zero-order valence-corrected chi connectivity index (χ0v) is 13.3. The molecule has 2 aliphatic rings. The molecule has 118 valence electrons. The summed E-state index contributed by atoms with van der Waals surface area (Å²) in [7, 11) is 1.41. The number of esters is 1. The quantitative estimate of drug-likeness (QED) is 0.836. The van der Waals surface area contributed by atoms with E-state index in [1.165, 1.54) is 32.9 Å². The molecular weight excluding hydrogens is 290 g/mol. The number of likely N-dealkylation sites (tertiary alicyclic amines) is 1. The Balaban J connectivity index is 0.00000161. The predicted octanol–water partition coefficient (Wildman–Crippen LogP) is 1.80. The zero-order valence-electron chi connectivity index (χ0n) is 12.5. The molecule has 1 aromatic rings. The van der Waals surface area contributed by atoms with E-state index in [1.807, 2.05) is 6.07 Å². The first-order chi connectivity index (χ1) is 9.71. The van der Waals surface area contributed by atoms with Gasteiger partial charge in [-0.15, -0.1) is 12.4 Å². The largest absolute Gasteiger partial charge is 0.464 e. The lowest BCUT2D eigenvalue weighted by Gasteiger charge is -2.33. The molecule has 21 heavy (non-hydrogen) atoms. The van der Waals surface area contributed by atoms with E-state index in [0.29, 0.717) is 11.1 Å². The third-order valence-electron chi connectivity index (χ3n) is 4.73. The van der Waals surface area contributed by atoms with Crippen LogP contribution in [0.3, 0.4) is 0 Å². The number of piperidine rings is 1. The second kappa shape index (κ2) is 6.81. The monoisotopic (exact) mass is 313 g/mol. The Hall–Kier alpha value is -1.04. The lowest BCUT2D eigenvalue weighted by Crippen LogP contribution is -2.38. The number of aromatic amines is 1. The van der Waals surface area contributed by atoms with E-state index < -0.39 is 0 Å². The minimum atomic E-state index is -0.299. The summed E-state index contributed by atoms with van der Waals surface area (Å²) in [4.78, 5) is 17.1. The van der Waals surface area contributed by atoms with Crippen LogP contribution in [0.15, 0.2) is 12.1 Å². The van der Waals surface area contributed by atoms with Crippen LogP contribution in [0.1, 0.15) is 35.4 Å². The van der Waals surface area contributed by atoms with Gasteiger partial charge in [0.15, 0.2) is 0 Å². The molecule has 0 radical (unpaired) electrons. The number of ether oxygens (including phenoxy) is 1. The van der Waals surface area contributed by atoms with Crippen molar-refractivity contribution in [2.75, 3.05) is 33.3 Å². The van der Waals surface area contributed by atoms with Crippen molar-refractivity contribution >= 4 is 18.4 Å². The highest BCUT2D eigenvalue weighted by Gasteiger charge is 2.38. The summed E-state index contributed by atoms with van der Waals surface area (Å²) in [6, 6.07) is 3.79. The highest BCUT2D eigenvalue weighted by atomic mass is 35.5. The van der Waals surface area contributed by atoms with Gasteiger partial charge in [0.1, 0.15) is 5.69 Å². The van der Waals surface area contributed by atoms with E-state index in [9.17, 15) is 4.79 Å². The lowest BCUT2D eigenvalue weighted by atomic mass is 9.78. The number of methoxy groups -OCH3 is 1. The van der Waals surface area contributed by atoms with Gasteiger partial charge in [0, 0.05) is 18.8 Å². The number of aromatic nitrogens is 1. The van der Waals surface area contributed by atoms with Crippen molar-refractivity contribution in [2.24, 2.45) is 5.41 Å². The van der Waals surface area contributed by atoms with Crippen LogP contribution in [0, 0.1) is 5.41 Å². The number of hydrogen-bond donors (Lipinski definition) is 2. The predicted molar refractivity (Wildman–Crippen MR) is 83.8 cm³/mol. The molecule has 0 atom stereocenters. The summed E-state index contributed by atoms with van der Waals surface area (Å²) in [5, 5.41) is 3.45. The van der Waals surface area contributed by atoms with Crippen LogP contribution >= 0.6 is 12.4 Å². The molecule has 2 fully saturated rings. The molecule has 5 nitrogen and oxygen atoms in total. The van der Waals surface area contributed by atoms with E-state index in [0.717, 1.165) is 31.9 Å². The van der Waals surface area contributed by atoms with E-state index in [1.54, 1.807) is 6.07 Å². The van der Waals surface area contributed by atoms with Crippen LogP contribution in [0.25, 0.3) is 0 Å². The van der Waals surface area contributed by atoms with Gasteiger partial charge in [-0.05, 0) is 56.4 Å². The van der Waals surface area contributed by atoms with Crippen LogP contribution in [0.2, 0.25) is 0 Å². The molecule has 6 heteroatoms. The Kier molecular flexibility index (Phi) is 5.30. The Morgan fingerprint density at radius 3 is 2.81 bits per heavy atom. The normalized spacial score (nSPS) is 21.2. The van der Waals surface area contributed by atoms with Crippen molar-refractivity contribution in [1.29, 1.82) is 0 Å². The van der Waals surface area contributed by atoms with Gasteiger partial charge in [-0.25, -0.2) is 4.79 Å². The Labute approximate surface area is 131 Å². The summed E-state index contributed by atoms with van der Waals surface area (Å²) in [6.45, 7) is 5.55. The molecule has 2 N–H and O–H groups in total. The molecule has 3 heterocycles. The van der Waals surface area contributed by atoms with Gasteiger partial charge in [0.05, 0.1) is 7.11 Å². The summed E-state index contributed by atoms with van der Waals surface area (Å²) < 4.78 is 4.72. The Morgan fingerprint density at radius 1 is 1.33 bits per heavy atom. The van der Waals surface area contributed by atoms with Crippen molar-refractivity contribution in [3.05, 3.63) is 23.5 Å². The molecule has 1 spiro atoms. The second-order valence-corrected chi connectivity index (χ2v) is 6.10. The van der Waals surface area contributed by atoms with Gasteiger partial charge in [0.25, 0.3) is 0 Å². The Bertz CT molecular complexity index is 483. The van der Waals surface area contributed by atoms with Crippen molar-refractivity contribution in [3.8, 4) is 0 Å². The number of nitrogens with one attached hydrogen (secondary N) is 2. The van der Waals surface area contributed by atoms with E-state index in [-0.39, 0.29) is 18.4 Å². The SMILES string of the molecule is COC(=O)c1ccc(CN2CCC3(CCNCC3)C2)[nH]1.Cl. The first kappa shape index (κ1) is 16.3. The number of H-pyrrole nitrogens is 1. The zero-order chi connectivity index (χ0) is 14.0. The second-order valence-electron chi connectivity index (χ2n) is 6.10. The molecule has 1 aromatic heterocycles. The van der Waals surface area contributed by atoms with Gasteiger partial charge < -0.3 is 15.0 Å². The van der Waals surface area contributed by atoms with Gasteiger partial charge in [-0.3, -0.25) is 4.90 Å². The molecule has 0 amide bonds. The van der Waals surface area contributed by atoms with Crippen LogP contribution in [-0.4, -0.2) is 49.1 Å². The maximum atomic E-state index is 11.4.